The number of unbranched alkanes of at least 4 members (excludes halogenated alkanes) is 1. The van der Waals surface area contributed by atoms with Crippen LogP contribution in [-0.2, 0) is 23.9 Å². The van der Waals surface area contributed by atoms with Gasteiger partial charge in [0.15, 0.2) is 5.78 Å². The molecule has 40 heavy (non-hydrogen) atoms. The van der Waals surface area contributed by atoms with E-state index in [4.69, 9.17) is 4.74 Å². The van der Waals surface area contributed by atoms with Crippen LogP contribution in [0.25, 0.3) is 10.2 Å². The van der Waals surface area contributed by atoms with Gasteiger partial charge in [0, 0.05) is 37.7 Å². The molecular formula is C30H36F3N3O3S. The fraction of sp³-hybridized carbons (Fsp3) is 0.533. The summed E-state index contributed by atoms with van der Waals surface area (Å²) in [5.41, 5.74) is 1.83. The van der Waals surface area contributed by atoms with Crippen molar-refractivity contribution < 1.29 is 22.7 Å². The summed E-state index contributed by atoms with van der Waals surface area (Å²) in [5, 5.41) is 0. The zero-order valence-corrected chi connectivity index (χ0v) is 23.4. The molecule has 0 unspecified atom stereocenters. The van der Waals surface area contributed by atoms with E-state index in [1.807, 2.05) is 4.57 Å². The minimum atomic E-state index is -4.41. The monoisotopic (exact) mass is 575 g/mol. The van der Waals surface area contributed by atoms with E-state index < -0.39 is 11.7 Å². The van der Waals surface area contributed by atoms with Crippen LogP contribution in [0.2, 0.25) is 0 Å². The van der Waals surface area contributed by atoms with Crippen molar-refractivity contribution in [2.45, 2.75) is 44.8 Å². The zero-order valence-electron chi connectivity index (χ0n) is 22.6. The summed E-state index contributed by atoms with van der Waals surface area (Å²) in [6.07, 6.45) is 0.195. The summed E-state index contributed by atoms with van der Waals surface area (Å²) < 4.78 is 46.7. The molecule has 6 nitrogen and oxygen atoms in total. The molecule has 3 aromatic rings. The molecule has 216 valence electrons. The zero-order chi connectivity index (χ0) is 28.1. The van der Waals surface area contributed by atoms with E-state index >= 15 is 0 Å². The Hall–Kier alpha value is -2.53. The van der Waals surface area contributed by atoms with Crippen molar-refractivity contribution in [2.75, 3.05) is 52.5 Å². The Balaban J connectivity index is 1.09. The number of aryl methyl sites for hydroxylation is 1. The maximum atomic E-state index is 12.8. The fourth-order valence-electron chi connectivity index (χ4n) is 5.69. The van der Waals surface area contributed by atoms with Crippen LogP contribution in [0.4, 0.5) is 13.2 Å². The first-order valence-corrected chi connectivity index (χ1v) is 15.0. The third kappa shape index (κ3) is 7.21. The van der Waals surface area contributed by atoms with Gasteiger partial charge in [-0.15, -0.1) is 0 Å². The Morgan fingerprint density at radius 3 is 2.30 bits per heavy atom. The van der Waals surface area contributed by atoms with Gasteiger partial charge in [0.25, 0.3) is 0 Å². The third-order valence-electron chi connectivity index (χ3n) is 8.12. The third-order valence-corrected chi connectivity index (χ3v) is 9.06. The molecule has 3 heterocycles. The number of halogens is 3. The van der Waals surface area contributed by atoms with Crippen molar-refractivity contribution in [1.82, 2.24) is 14.4 Å². The van der Waals surface area contributed by atoms with Crippen molar-refractivity contribution in [2.24, 2.45) is 5.92 Å². The molecule has 1 aromatic heterocycles. The second kappa shape index (κ2) is 13.0. The van der Waals surface area contributed by atoms with Crippen LogP contribution in [0.3, 0.4) is 0 Å². The topological polar surface area (TPSA) is 54.8 Å². The Morgan fingerprint density at radius 1 is 0.900 bits per heavy atom. The standard InChI is InChI=1S/C30H36F3N3O3S/c31-30(32,33)25-7-5-23(6-8-25)28(37)24-10-13-35(14-11-24)15-16-36-26-9-4-22(21-27(26)40-29(36)38)3-1-2-12-34-17-19-39-20-18-34/h4-9,21,24H,1-3,10-20H2. The second-order valence-electron chi connectivity index (χ2n) is 10.8. The normalized spacial score (nSPS) is 18.0. The maximum absolute atomic E-state index is 12.8. The highest BCUT2D eigenvalue weighted by molar-refractivity contribution is 7.16. The second-order valence-corrected chi connectivity index (χ2v) is 11.8. The summed E-state index contributed by atoms with van der Waals surface area (Å²) in [7, 11) is 0. The van der Waals surface area contributed by atoms with Crippen LogP contribution in [0.1, 0.15) is 47.2 Å². The molecule has 0 aliphatic carbocycles. The van der Waals surface area contributed by atoms with E-state index in [2.05, 4.69) is 28.0 Å². The lowest BCUT2D eigenvalue weighted by Crippen LogP contribution is -2.38. The number of likely N-dealkylation sites (tertiary alicyclic amines) is 1. The van der Waals surface area contributed by atoms with Gasteiger partial charge in [0.2, 0.25) is 0 Å². The van der Waals surface area contributed by atoms with Crippen molar-refractivity contribution in [3.8, 4) is 0 Å². The minimum Gasteiger partial charge on any atom is -0.379 e. The summed E-state index contributed by atoms with van der Waals surface area (Å²) in [6.45, 7) is 7.57. The molecule has 2 aliphatic heterocycles. The molecule has 0 spiro atoms. The molecule has 0 bridgehead atoms. The number of ether oxygens (including phenoxy) is 1. The molecule has 0 radical (unpaired) electrons. The van der Waals surface area contributed by atoms with Gasteiger partial charge in [-0.3, -0.25) is 19.1 Å². The summed E-state index contributed by atoms with van der Waals surface area (Å²) >= 11 is 1.30. The predicted molar refractivity (Wildman–Crippen MR) is 151 cm³/mol. The van der Waals surface area contributed by atoms with E-state index in [9.17, 15) is 22.8 Å². The number of nitrogens with zero attached hydrogens (tertiary/aromatic N) is 3. The fourth-order valence-corrected chi connectivity index (χ4v) is 6.67. The van der Waals surface area contributed by atoms with Crippen LogP contribution in [-0.4, -0.2) is 72.6 Å². The van der Waals surface area contributed by atoms with Gasteiger partial charge >= 0.3 is 11.0 Å². The lowest BCUT2D eigenvalue weighted by Gasteiger charge is -2.31. The first kappa shape index (κ1) is 29.0. The summed E-state index contributed by atoms with van der Waals surface area (Å²) in [6, 6.07) is 10.9. The van der Waals surface area contributed by atoms with Crippen LogP contribution in [0.5, 0.6) is 0 Å². The van der Waals surface area contributed by atoms with E-state index in [0.717, 1.165) is 94.1 Å². The van der Waals surface area contributed by atoms with Gasteiger partial charge in [0.05, 0.1) is 29.0 Å². The number of ketones is 1. The Bertz CT molecular complexity index is 1340. The number of hydrogen-bond acceptors (Lipinski definition) is 6. The predicted octanol–water partition coefficient (Wildman–Crippen LogP) is 5.33. The van der Waals surface area contributed by atoms with Gasteiger partial charge in [0.1, 0.15) is 0 Å². The largest absolute Gasteiger partial charge is 0.416 e. The first-order valence-electron chi connectivity index (χ1n) is 14.1. The molecule has 2 aromatic carbocycles. The molecule has 0 N–H and O–H groups in total. The number of aromatic nitrogens is 1. The number of carbonyl (C=O) groups is 1. The quantitative estimate of drug-likeness (QED) is 0.242. The highest BCUT2D eigenvalue weighted by Gasteiger charge is 2.31. The maximum Gasteiger partial charge on any atom is 0.416 e. The number of carbonyl (C=O) groups excluding carboxylic acids is 1. The molecule has 0 atom stereocenters. The van der Waals surface area contributed by atoms with E-state index in [1.165, 1.54) is 29.0 Å². The molecule has 2 fully saturated rings. The van der Waals surface area contributed by atoms with Gasteiger partial charge in [-0.2, -0.15) is 13.2 Å². The van der Waals surface area contributed by atoms with Crippen molar-refractivity contribution in [1.29, 1.82) is 0 Å². The average molecular weight is 576 g/mol. The summed E-state index contributed by atoms with van der Waals surface area (Å²) in [5.74, 6) is -0.282. The van der Waals surface area contributed by atoms with Crippen LogP contribution in [0, 0.1) is 5.92 Å². The van der Waals surface area contributed by atoms with Crippen molar-refractivity contribution in [3.05, 3.63) is 68.8 Å². The number of benzene rings is 2. The van der Waals surface area contributed by atoms with E-state index in [0.29, 0.717) is 24.9 Å². The number of alkyl halides is 3. The highest BCUT2D eigenvalue weighted by atomic mass is 32.1. The number of morpholine rings is 1. The molecule has 0 amide bonds. The molecular weight excluding hydrogens is 539 g/mol. The van der Waals surface area contributed by atoms with Crippen molar-refractivity contribution in [3.63, 3.8) is 0 Å². The number of rotatable bonds is 10. The number of thiazole rings is 1. The van der Waals surface area contributed by atoms with Gasteiger partial charge in [-0.1, -0.05) is 29.5 Å². The summed E-state index contributed by atoms with van der Waals surface area (Å²) in [4.78, 5) is 30.4. The van der Waals surface area contributed by atoms with Gasteiger partial charge in [-0.05, 0) is 81.6 Å². The average Bonchev–Trinajstić information content (AvgIpc) is 3.28. The lowest BCUT2D eigenvalue weighted by atomic mass is 9.88. The SMILES string of the molecule is O=C(c1ccc(C(F)(F)F)cc1)C1CCN(CCn2c(=O)sc3cc(CCCCN4CCOCC4)ccc32)CC1. The van der Waals surface area contributed by atoms with E-state index in [-0.39, 0.29) is 16.6 Å². The smallest absolute Gasteiger partial charge is 0.379 e. The number of piperidine rings is 1. The van der Waals surface area contributed by atoms with Crippen LogP contribution in [0.15, 0.2) is 47.3 Å². The molecule has 2 saturated heterocycles. The number of Topliss-reactive ketones (excluding diaryl/α,β-unsaturated/α-hetero) is 1. The molecule has 5 rings (SSSR count). The number of fused-ring (bicyclic) bond motifs is 1. The Kier molecular flexibility index (Phi) is 9.40. The Labute approximate surface area is 236 Å². The minimum absolute atomic E-state index is 0.0480. The molecule has 0 saturated carbocycles. The van der Waals surface area contributed by atoms with Crippen LogP contribution < -0.4 is 4.87 Å². The van der Waals surface area contributed by atoms with Gasteiger partial charge < -0.3 is 9.64 Å². The Morgan fingerprint density at radius 2 is 1.60 bits per heavy atom. The number of hydrogen-bond donors (Lipinski definition) is 0. The lowest BCUT2D eigenvalue weighted by molar-refractivity contribution is -0.137. The van der Waals surface area contributed by atoms with Gasteiger partial charge in [-0.25, -0.2) is 0 Å². The first-order chi connectivity index (χ1) is 19.3. The molecule has 10 heteroatoms. The molecule has 2 aliphatic rings. The van der Waals surface area contributed by atoms with Crippen LogP contribution >= 0.6 is 11.3 Å². The van der Waals surface area contributed by atoms with E-state index in [1.54, 1.807) is 0 Å². The highest BCUT2D eigenvalue weighted by Crippen LogP contribution is 2.30. The van der Waals surface area contributed by atoms with Crippen molar-refractivity contribution >= 4 is 27.3 Å².